The Kier molecular flexibility index (Phi) is 4.43. The van der Waals surface area contributed by atoms with Gasteiger partial charge in [-0.3, -0.25) is 4.79 Å². The van der Waals surface area contributed by atoms with E-state index >= 15 is 0 Å². The van der Waals surface area contributed by atoms with Gasteiger partial charge in [-0.1, -0.05) is 42.5 Å². The van der Waals surface area contributed by atoms with Crippen molar-refractivity contribution < 1.29 is 19.4 Å². The van der Waals surface area contributed by atoms with Gasteiger partial charge in [-0.25, -0.2) is 4.79 Å². The van der Waals surface area contributed by atoms with Crippen molar-refractivity contribution in [2.45, 2.75) is 0 Å². The number of hydrogen-bond donors (Lipinski definition) is 2. The Balaban J connectivity index is 1.67. The van der Waals surface area contributed by atoms with Gasteiger partial charge in [-0.15, -0.1) is 0 Å². The molecule has 0 fully saturated rings. The number of nitrogens with one attached hydrogen (secondary N) is 1. The molecule has 0 heterocycles. The summed E-state index contributed by atoms with van der Waals surface area (Å²) in [5.41, 5.74) is 0.647. The van der Waals surface area contributed by atoms with Crippen molar-refractivity contribution in [1.29, 1.82) is 0 Å². The second kappa shape index (κ2) is 6.83. The maximum absolute atomic E-state index is 12.1. The lowest BCUT2D eigenvalue weighted by atomic mass is 10.1. The van der Waals surface area contributed by atoms with Crippen LogP contribution in [-0.4, -0.2) is 23.6 Å². The van der Waals surface area contributed by atoms with Gasteiger partial charge in [0.25, 0.3) is 5.91 Å². The highest BCUT2D eigenvalue weighted by Gasteiger charge is 2.15. The maximum Gasteiger partial charge on any atom is 0.342 e. The molecule has 0 radical (unpaired) electrons. The normalized spacial score (nSPS) is 10.3. The third-order valence-electron chi connectivity index (χ3n) is 3.48. The number of anilines is 1. The number of rotatable bonds is 4. The van der Waals surface area contributed by atoms with Crippen LogP contribution in [0.5, 0.6) is 5.75 Å². The maximum atomic E-state index is 12.1. The first-order chi connectivity index (χ1) is 11.6. The van der Waals surface area contributed by atoms with Crippen LogP contribution in [0, 0.1) is 0 Å². The molecule has 3 aromatic rings. The molecule has 0 saturated carbocycles. The molecule has 1 amide bonds. The number of aromatic hydroxyl groups is 1. The fourth-order valence-corrected chi connectivity index (χ4v) is 2.32. The van der Waals surface area contributed by atoms with E-state index in [2.05, 4.69) is 5.32 Å². The van der Waals surface area contributed by atoms with E-state index in [-0.39, 0.29) is 11.3 Å². The minimum Gasteiger partial charge on any atom is -0.507 e. The Hall–Kier alpha value is -3.34. The third kappa shape index (κ3) is 3.52. The van der Waals surface area contributed by atoms with Gasteiger partial charge in [0, 0.05) is 5.69 Å². The number of carbonyl (C=O) groups excluding carboxylic acids is 2. The second-order valence-electron chi connectivity index (χ2n) is 5.21. The number of esters is 1. The van der Waals surface area contributed by atoms with Gasteiger partial charge in [-0.05, 0) is 35.0 Å². The topological polar surface area (TPSA) is 75.6 Å². The van der Waals surface area contributed by atoms with Crippen molar-refractivity contribution in [3.05, 3.63) is 72.3 Å². The van der Waals surface area contributed by atoms with Gasteiger partial charge in [-0.2, -0.15) is 0 Å². The van der Waals surface area contributed by atoms with Gasteiger partial charge >= 0.3 is 5.97 Å². The summed E-state index contributed by atoms with van der Waals surface area (Å²) < 4.78 is 4.98. The molecule has 0 atom stereocenters. The standard InChI is InChI=1S/C19H15NO4/c21-17-11-14-7-5-4-6-13(14)10-16(17)19(23)24-12-18(22)20-15-8-2-1-3-9-15/h1-11,21H,12H2,(H,20,22). The zero-order valence-corrected chi connectivity index (χ0v) is 12.7. The largest absolute Gasteiger partial charge is 0.507 e. The average Bonchev–Trinajstić information content (AvgIpc) is 2.60. The summed E-state index contributed by atoms with van der Waals surface area (Å²) >= 11 is 0. The number of phenolic OH excluding ortho intramolecular Hbond substituents is 1. The molecule has 0 saturated heterocycles. The van der Waals surface area contributed by atoms with Gasteiger partial charge < -0.3 is 15.2 Å². The van der Waals surface area contributed by atoms with E-state index in [9.17, 15) is 14.7 Å². The summed E-state index contributed by atoms with van der Waals surface area (Å²) in [5.74, 6) is -1.38. The van der Waals surface area contributed by atoms with E-state index in [0.717, 1.165) is 10.8 Å². The number of hydrogen-bond acceptors (Lipinski definition) is 4. The molecule has 3 aromatic carbocycles. The van der Waals surface area contributed by atoms with Crippen LogP contribution >= 0.6 is 0 Å². The summed E-state index contributed by atoms with van der Waals surface area (Å²) in [6.07, 6.45) is 0. The van der Waals surface area contributed by atoms with Crippen molar-refractivity contribution in [2.75, 3.05) is 11.9 Å². The quantitative estimate of drug-likeness (QED) is 0.723. The van der Waals surface area contributed by atoms with Crippen LogP contribution in [0.1, 0.15) is 10.4 Å². The lowest BCUT2D eigenvalue weighted by Gasteiger charge is -2.08. The third-order valence-corrected chi connectivity index (χ3v) is 3.48. The number of benzene rings is 3. The number of ether oxygens (including phenoxy) is 1. The lowest BCUT2D eigenvalue weighted by molar-refractivity contribution is -0.119. The molecule has 0 spiro atoms. The number of fused-ring (bicyclic) bond motifs is 1. The van der Waals surface area contributed by atoms with E-state index in [1.165, 1.54) is 6.07 Å². The van der Waals surface area contributed by atoms with Crippen molar-refractivity contribution >= 4 is 28.3 Å². The predicted octanol–water partition coefficient (Wildman–Crippen LogP) is 3.34. The average molecular weight is 321 g/mol. The number of amides is 1. The molecule has 5 heteroatoms. The highest BCUT2D eigenvalue weighted by Crippen LogP contribution is 2.25. The van der Waals surface area contributed by atoms with Crippen molar-refractivity contribution in [1.82, 2.24) is 0 Å². The summed E-state index contributed by atoms with van der Waals surface area (Å²) in [6.45, 7) is -0.431. The molecule has 2 N–H and O–H groups in total. The smallest absolute Gasteiger partial charge is 0.342 e. The van der Waals surface area contributed by atoms with Crippen molar-refractivity contribution in [3.8, 4) is 5.75 Å². The van der Waals surface area contributed by atoms with Gasteiger partial charge in [0.15, 0.2) is 6.61 Å². The molecule has 0 aliphatic heterocycles. The fraction of sp³-hybridized carbons (Fsp3) is 0.0526. The zero-order valence-electron chi connectivity index (χ0n) is 12.7. The van der Waals surface area contributed by atoms with Gasteiger partial charge in [0.2, 0.25) is 0 Å². The van der Waals surface area contributed by atoms with Crippen LogP contribution in [0.3, 0.4) is 0 Å². The zero-order chi connectivity index (χ0) is 16.9. The fourth-order valence-electron chi connectivity index (χ4n) is 2.32. The highest BCUT2D eigenvalue weighted by molar-refractivity contribution is 6.00. The van der Waals surface area contributed by atoms with Crippen LogP contribution in [0.15, 0.2) is 66.7 Å². The van der Waals surface area contributed by atoms with Crippen LogP contribution in [0.25, 0.3) is 10.8 Å². The molecular weight excluding hydrogens is 306 g/mol. The van der Waals surface area contributed by atoms with E-state index in [0.29, 0.717) is 5.69 Å². The van der Waals surface area contributed by atoms with Crippen LogP contribution < -0.4 is 5.32 Å². The molecule has 5 nitrogen and oxygen atoms in total. The van der Waals surface area contributed by atoms with Crippen molar-refractivity contribution in [2.24, 2.45) is 0 Å². The Morgan fingerprint density at radius 1 is 0.917 bits per heavy atom. The van der Waals surface area contributed by atoms with E-state index in [4.69, 9.17) is 4.74 Å². The summed E-state index contributed by atoms with van der Waals surface area (Å²) in [7, 11) is 0. The molecule has 0 aliphatic rings. The SMILES string of the molecule is O=C(COC(=O)c1cc2ccccc2cc1O)Nc1ccccc1. The number of carbonyl (C=O) groups is 2. The summed E-state index contributed by atoms with van der Waals surface area (Å²) in [4.78, 5) is 23.9. The molecular formula is C19H15NO4. The summed E-state index contributed by atoms with van der Waals surface area (Å²) in [5, 5.41) is 14.2. The monoisotopic (exact) mass is 321 g/mol. The first-order valence-electron chi connectivity index (χ1n) is 7.37. The summed E-state index contributed by atoms with van der Waals surface area (Å²) in [6, 6.07) is 19.2. The first-order valence-corrected chi connectivity index (χ1v) is 7.37. The second-order valence-corrected chi connectivity index (χ2v) is 5.21. The molecule has 3 rings (SSSR count). The molecule has 0 unspecified atom stereocenters. The first kappa shape index (κ1) is 15.6. The molecule has 24 heavy (non-hydrogen) atoms. The molecule has 0 bridgehead atoms. The van der Waals surface area contributed by atoms with E-state index in [1.807, 2.05) is 30.3 Å². The number of phenols is 1. The van der Waals surface area contributed by atoms with Crippen molar-refractivity contribution in [3.63, 3.8) is 0 Å². The Morgan fingerprint density at radius 3 is 2.25 bits per heavy atom. The Labute approximate surface area is 138 Å². The Morgan fingerprint density at radius 2 is 1.54 bits per heavy atom. The van der Waals surface area contributed by atoms with E-state index < -0.39 is 18.5 Å². The van der Waals surface area contributed by atoms with E-state index in [1.54, 1.807) is 30.3 Å². The predicted molar refractivity (Wildman–Crippen MR) is 91.0 cm³/mol. The lowest BCUT2D eigenvalue weighted by Crippen LogP contribution is -2.20. The molecule has 120 valence electrons. The molecule has 0 aliphatic carbocycles. The Bertz CT molecular complexity index is 890. The minimum absolute atomic E-state index is 0.0289. The number of para-hydroxylation sites is 1. The minimum atomic E-state index is -0.749. The van der Waals surface area contributed by atoms with Gasteiger partial charge in [0.1, 0.15) is 11.3 Å². The molecule has 0 aromatic heterocycles. The highest BCUT2D eigenvalue weighted by atomic mass is 16.5. The van der Waals surface area contributed by atoms with Crippen LogP contribution in [-0.2, 0) is 9.53 Å². The van der Waals surface area contributed by atoms with Crippen LogP contribution in [0.4, 0.5) is 5.69 Å². The van der Waals surface area contributed by atoms with Crippen LogP contribution in [0.2, 0.25) is 0 Å². The van der Waals surface area contributed by atoms with Gasteiger partial charge in [0.05, 0.1) is 0 Å².